The molecule has 0 unspecified atom stereocenters. The fourth-order valence-corrected chi connectivity index (χ4v) is 3.04. The number of hydrogen-bond acceptors (Lipinski definition) is 5. The van der Waals surface area contributed by atoms with E-state index in [1.165, 1.54) is 17.4 Å². The molecule has 7 heteroatoms. The maximum Gasteiger partial charge on any atom is 0.241 e. The molecule has 1 amide bonds. The van der Waals surface area contributed by atoms with Crippen molar-refractivity contribution in [1.82, 2.24) is 4.98 Å². The van der Waals surface area contributed by atoms with E-state index >= 15 is 0 Å². The Labute approximate surface area is 111 Å². The Kier molecular flexibility index (Phi) is 5.03. The number of sulfone groups is 1. The van der Waals surface area contributed by atoms with Crippen molar-refractivity contribution < 1.29 is 13.2 Å². The van der Waals surface area contributed by atoms with Gasteiger partial charge < -0.3 is 5.32 Å². The van der Waals surface area contributed by atoms with Crippen LogP contribution < -0.4 is 5.32 Å². The van der Waals surface area contributed by atoms with Gasteiger partial charge in [-0.25, -0.2) is 13.4 Å². The average molecular weight is 288 g/mol. The largest absolute Gasteiger partial charge is 0.301 e. The molecule has 0 bridgehead atoms. The molecule has 0 aliphatic heterocycles. The van der Waals surface area contributed by atoms with Crippen molar-refractivity contribution in [3.8, 4) is 0 Å². The van der Waals surface area contributed by atoms with Crippen LogP contribution in [0.4, 0.5) is 5.13 Å². The van der Waals surface area contributed by atoms with Crippen molar-refractivity contribution in [3.63, 3.8) is 0 Å². The summed E-state index contributed by atoms with van der Waals surface area (Å²) >= 11 is 1.29. The van der Waals surface area contributed by atoms with Crippen LogP contribution in [0.25, 0.3) is 0 Å². The molecule has 1 rings (SSSR count). The lowest BCUT2D eigenvalue weighted by atomic mass is 10.2. The quantitative estimate of drug-likeness (QED) is 0.810. The van der Waals surface area contributed by atoms with Crippen molar-refractivity contribution in [2.24, 2.45) is 0 Å². The van der Waals surface area contributed by atoms with Crippen molar-refractivity contribution in [3.05, 3.63) is 23.7 Å². The Morgan fingerprint density at radius 3 is 2.78 bits per heavy atom. The molecule has 0 aromatic carbocycles. The summed E-state index contributed by atoms with van der Waals surface area (Å²) in [6.07, 6.45) is 1.27. The van der Waals surface area contributed by atoms with Crippen molar-refractivity contribution in [2.45, 2.75) is 19.8 Å². The standard InChI is InChI=1S/C11H16N2O3S2/c1-4-5-18(15,16)7-10(14)13-11-12-9(6-17-11)8(2)3/h4,6,8H,1,5,7H2,2-3H3,(H,12,13,14). The summed E-state index contributed by atoms with van der Waals surface area (Å²) in [6, 6.07) is 0. The molecule has 0 aliphatic carbocycles. The highest BCUT2D eigenvalue weighted by atomic mass is 32.2. The van der Waals surface area contributed by atoms with Crippen LogP contribution in [-0.4, -0.2) is 30.8 Å². The summed E-state index contributed by atoms with van der Waals surface area (Å²) in [5.41, 5.74) is 0.879. The zero-order valence-corrected chi connectivity index (χ0v) is 12.0. The van der Waals surface area contributed by atoms with Crippen molar-refractivity contribution in [1.29, 1.82) is 0 Å². The first-order valence-corrected chi connectivity index (χ1v) is 8.10. The summed E-state index contributed by atoms with van der Waals surface area (Å²) < 4.78 is 22.8. The third-order valence-electron chi connectivity index (χ3n) is 2.08. The van der Waals surface area contributed by atoms with Gasteiger partial charge in [-0.3, -0.25) is 4.79 Å². The molecule has 1 aromatic heterocycles. The molecular weight excluding hydrogens is 272 g/mol. The Bertz CT molecular complexity index is 532. The predicted octanol–water partition coefficient (Wildman–Crippen LogP) is 1.81. The summed E-state index contributed by atoms with van der Waals surface area (Å²) in [5, 5.41) is 4.76. The molecule has 1 N–H and O–H groups in total. The minimum absolute atomic E-state index is 0.199. The maximum atomic E-state index is 11.5. The minimum Gasteiger partial charge on any atom is -0.301 e. The average Bonchev–Trinajstić information content (AvgIpc) is 2.64. The van der Waals surface area contributed by atoms with E-state index in [1.807, 2.05) is 19.2 Å². The first kappa shape index (κ1) is 14.8. The first-order chi connectivity index (χ1) is 8.34. The molecule has 100 valence electrons. The van der Waals surface area contributed by atoms with Gasteiger partial charge in [0.05, 0.1) is 11.4 Å². The number of nitrogens with one attached hydrogen (secondary N) is 1. The van der Waals surface area contributed by atoms with Crippen LogP contribution in [0.3, 0.4) is 0 Å². The number of thiazole rings is 1. The zero-order chi connectivity index (χ0) is 13.8. The molecule has 0 spiro atoms. The van der Waals surface area contributed by atoms with E-state index < -0.39 is 21.5 Å². The van der Waals surface area contributed by atoms with Crippen LogP contribution in [-0.2, 0) is 14.6 Å². The van der Waals surface area contributed by atoms with Crippen LogP contribution in [0.15, 0.2) is 18.0 Å². The molecule has 0 aliphatic rings. The maximum absolute atomic E-state index is 11.5. The third-order valence-corrected chi connectivity index (χ3v) is 4.30. The number of amides is 1. The lowest BCUT2D eigenvalue weighted by Crippen LogP contribution is -2.24. The number of carbonyl (C=O) groups excluding carboxylic acids is 1. The second-order valence-corrected chi connectivity index (χ2v) is 7.09. The lowest BCUT2D eigenvalue weighted by Gasteiger charge is -2.02. The van der Waals surface area contributed by atoms with Crippen LogP contribution in [0.1, 0.15) is 25.5 Å². The van der Waals surface area contributed by atoms with Crippen molar-refractivity contribution >= 4 is 32.2 Å². The lowest BCUT2D eigenvalue weighted by molar-refractivity contribution is -0.113. The molecule has 1 aromatic rings. The normalized spacial score (nSPS) is 11.5. The highest BCUT2D eigenvalue weighted by Crippen LogP contribution is 2.21. The van der Waals surface area contributed by atoms with Crippen molar-refractivity contribution in [2.75, 3.05) is 16.8 Å². The third kappa shape index (κ3) is 4.58. The molecular formula is C11H16N2O3S2. The van der Waals surface area contributed by atoms with Gasteiger partial charge >= 0.3 is 0 Å². The highest BCUT2D eigenvalue weighted by Gasteiger charge is 2.16. The Morgan fingerprint density at radius 1 is 1.61 bits per heavy atom. The topological polar surface area (TPSA) is 76.1 Å². The smallest absolute Gasteiger partial charge is 0.241 e. The molecule has 0 atom stereocenters. The van der Waals surface area contributed by atoms with Crippen LogP contribution >= 0.6 is 11.3 Å². The fourth-order valence-electron chi connectivity index (χ4n) is 1.20. The highest BCUT2D eigenvalue weighted by molar-refractivity contribution is 7.92. The predicted molar refractivity (Wildman–Crippen MR) is 73.7 cm³/mol. The van der Waals surface area contributed by atoms with Gasteiger partial charge in [-0.1, -0.05) is 19.9 Å². The molecule has 0 saturated heterocycles. The zero-order valence-electron chi connectivity index (χ0n) is 10.3. The van der Waals surface area contributed by atoms with Crippen LogP contribution in [0, 0.1) is 0 Å². The van der Waals surface area contributed by atoms with E-state index in [2.05, 4.69) is 16.9 Å². The monoisotopic (exact) mass is 288 g/mol. The van der Waals surface area contributed by atoms with E-state index in [9.17, 15) is 13.2 Å². The SMILES string of the molecule is C=CCS(=O)(=O)CC(=O)Nc1nc(C(C)C)cs1. The molecule has 0 fully saturated rings. The Morgan fingerprint density at radius 2 is 2.28 bits per heavy atom. The Balaban J connectivity index is 2.62. The molecule has 18 heavy (non-hydrogen) atoms. The van der Waals surface area contributed by atoms with Gasteiger partial charge in [0.1, 0.15) is 5.75 Å². The number of aromatic nitrogens is 1. The van der Waals surface area contributed by atoms with Gasteiger partial charge in [0.25, 0.3) is 0 Å². The fraction of sp³-hybridized carbons (Fsp3) is 0.455. The van der Waals surface area contributed by atoms with Gasteiger partial charge in [-0.2, -0.15) is 0 Å². The first-order valence-electron chi connectivity index (χ1n) is 5.40. The number of nitrogens with zero attached hydrogens (tertiary/aromatic N) is 1. The number of rotatable bonds is 6. The summed E-state index contributed by atoms with van der Waals surface area (Å²) in [5.74, 6) is -1.04. The number of hydrogen-bond donors (Lipinski definition) is 1. The Hall–Kier alpha value is -1.21. The second-order valence-electron chi connectivity index (χ2n) is 4.12. The van der Waals surface area contributed by atoms with E-state index in [0.29, 0.717) is 5.13 Å². The molecule has 5 nitrogen and oxygen atoms in total. The van der Waals surface area contributed by atoms with E-state index in [-0.39, 0.29) is 11.7 Å². The van der Waals surface area contributed by atoms with Crippen LogP contribution in [0.2, 0.25) is 0 Å². The molecule has 1 heterocycles. The summed E-state index contributed by atoms with van der Waals surface area (Å²) in [4.78, 5) is 15.7. The number of carbonyl (C=O) groups is 1. The minimum atomic E-state index is -3.41. The second kappa shape index (κ2) is 6.10. The van der Waals surface area contributed by atoms with Crippen LogP contribution in [0.5, 0.6) is 0 Å². The van der Waals surface area contributed by atoms with E-state index in [4.69, 9.17) is 0 Å². The number of anilines is 1. The van der Waals surface area contributed by atoms with E-state index in [0.717, 1.165) is 5.69 Å². The van der Waals surface area contributed by atoms with Gasteiger partial charge in [-0.05, 0) is 5.92 Å². The molecule has 0 saturated carbocycles. The summed E-state index contributed by atoms with van der Waals surface area (Å²) in [7, 11) is -3.41. The van der Waals surface area contributed by atoms with E-state index in [1.54, 1.807) is 0 Å². The van der Waals surface area contributed by atoms with Gasteiger partial charge in [0.15, 0.2) is 15.0 Å². The summed E-state index contributed by atoms with van der Waals surface area (Å²) in [6.45, 7) is 7.33. The van der Waals surface area contributed by atoms with Gasteiger partial charge in [0, 0.05) is 5.38 Å². The molecule has 0 radical (unpaired) electrons. The van der Waals surface area contributed by atoms with Gasteiger partial charge in [0.2, 0.25) is 5.91 Å². The van der Waals surface area contributed by atoms with Gasteiger partial charge in [-0.15, -0.1) is 17.9 Å².